The van der Waals surface area contributed by atoms with Gasteiger partial charge in [0.15, 0.2) is 0 Å². The molecule has 0 radical (unpaired) electrons. The standard InChI is InChI=1S/C28H33N5O2Si/c1-36(2,3)18-17-34-21-33-27(14-16-31-33)23-9-13-28(30-20-23)35-25-11-12-26-22(19-25)8-10-24(32-26)7-5-4-6-15-29/h8-14,16,19-20H,4-7,17-18,21H2,1-3H3. The lowest BCUT2D eigenvalue weighted by atomic mass is 10.1. The minimum atomic E-state index is -1.11. The monoisotopic (exact) mass is 499 g/mol. The smallest absolute Gasteiger partial charge is 0.219 e. The summed E-state index contributed by atoms with van der Waals surface area (Å²) in [5, 5.41) is 14.1. The summed E-state index contributed by atoms with van der Waals surface area (Å²) in [7, 11) is -1.11. The van der Waals surface area contributed by atoms with Gasteiger partial charge in [0.25, 0.3) is 0 Å². The molecular formula is C28H33N5O2Si. The van der Waals surface area contributed by atoms with Gasteiger partial charge >= 0.3 is 0 Å². The molecule has 0 aliphatic heterocycles. The molecule has 0 N–H and O–H groups in total. The third-order valence-corrected chi connectivity index (χ3v) is 7.57. The van der Waals surface area contributed by atoms with Gasteiger partial charge in [0, 0.05) is 56.2 Å². The van der Waals surface area contributed by atoms with Gasteiger partial charge in [0.2, 0.25) is 5.88 Å². The molecule has 0 aliphatic carbocycles. The zero-order valence-electron chi connectivity index (χ0n) is 21.3. The molecule has 0 fully saturated rings. The van der Waals surface area contributed by atoms with Crippen molar-refractivity contribution in [2.45, 2.75) is 58.1 Å². The van der Waals surface area contributed by atoms with Crippen LogP contribution in [0, 0.1) is 11.3 Å². The Morgan fingerprint density at radius 3 is 2.69 bits per heavy atom. The molecule has 1 aromatic carbocycles. The number of unbranched alkanes of at least 4 members (excludes halogenated alkanes) is 2. The largest absolute Gasteiger partial charge is 0.439 e. The Morgan fingerprint density at radius 2 is 1.92 bits per heavy atom. The molecular weight excluding hydrogens is 466 g/mol. The number of hydrogen-bond acceptors (Lipinski definition) is 6. The highest BCUT2D eigenvalue weighted by Gasteiger charge is 2.13. The molecule has 8 heteroatoms. The first kappa shape index (κ1) is 25.5. The number of hydrogen-bond donors (Lipinski definition) is 0. The number of fused-ring (bicyclic) bond motifs is 1. The van der Waals surface area contributed by atoms with Crippen molar-refractivity contribution >= 4 is 19.0 Å². The fraction of sp³-hybridized carbons (Fsp3) is 0.357. The van der Waals surface area contributed by atoms with Crippen molar-refractivity contribution in [1.82, 2.24) is 19.7 Å². The van der Waals surface area contributed by atoms with E-state index in [4.69, 9.17) is 19.7 Å². The van der Waals surface area contributed by atoms with Crippen LogP contribution >= 0.6 is 0 Å². The quantitative estimate of drug-likeness (QED) is 0.157. The number of benzene rings is 1. The molecule has 0 spiro atoms. The zero-order chi connectivity index (χ0) is 25.4. The van der Waals surface area contributed by atoms with Crippen LogP contribution in [0.1, 0.15) is 25.0 Å². The van der Waals surface area contributed by atoms with Gasteiger partial charge < -0.3 is 9.47 Å². The Kier molecular flexibility index (Phi) is 8.47. The van der Waals surface area contributed by atoms with Crippen molar-refractivity contribution < 1.29 is 9.47 Å². The van der Waals surface area contributed by atoms with Crippen molar-refractivity contribution in [3.63, 3.8) is 0 Å². The molecule has 0 saturated heterocycles. The van der Waals surface area contributed by atoms with E-state index in [-0.39, 0.29) is 0 Å². The van der Waals surface area contributed by atoms with Crippen LogP contribution in [0.3, 0.4) is 0 Å². The first-order chi connectivity index (χ1) is 17.4. The van der Waals surface area contributed by atoms with Gasteiger partial charge in [-0.3, -0.25) is 4.98 Å². The summed E-state index contributed by atoms with van der Waals surface area (Å²) in [6, 6.07) is 19.1. The number of aryl methyl sites for hydroxylation is 1. The maximum atomic E-state index is 8.67. The van der Waals surface area contributed by atoms with E-state index in [9.17, 15) is 0 Å². The third-order valence-electron chi connectivity index (χ3n) is 5.87. The van der Waals surface area contributed by atoms with Crippen LogP contribution in [-0.2, 0) is 17.9 Å². The minimum Gasteiger partial charge on any atom is -0.439 e. The predicted molar refractivity (Wildman–Crippen MR) is 145 cm³/mol. The van der Waals surface area contributed by atoms with Gasteiger partial charge in [-0.15, -0.1) is 0 Å². The Bertz CT molecular complexity index is 1320. The highest BCUT2D eigenvalue weighted by Crippen LogP contribution is 2.26. The fourth-order valence-electron chi connectivity index (χ4n) is 3.78. The van der Waals surface area contributed by atoms with Crippen LogP contribution in [0.4, 0.5) is 0 Å². The van der Waals surface area contributed by atoms with Crippen molar-refractivity contribution in [3.8, 4) is 29.0 Å². The lowest BCUT2D eigenvalue weighted by Crippen LogP contribution is -2.22. The summed E-state index contributed by atoms with van der Waals surface area (Å²) in [5.74, 6) is 1.24. The van der Waals surface area contributed by atoms with E-state index in [1.807, 2.05) is 47.1 Å². The third kappa shape index (κ3) is 7.23. The molecule has 7 nitrogen and oxygen atoms in total. The van der Waals surface area contributed by atoms with Gasteiger partial charge in [-0.2, -0.15) is 10.4 Å². The molecule has 36 heavy (non-hydrogen) atoms. The van der Waals surface area contributed by atoms with E-state index >= 15 is 0 Å². The molecule has 4 aromatic rings. The second kappa shape index (κ2) is 11.9. The summed E-state index contributed by atoms with van der Waals surface area (Å²) < 4.78 is 13.7. The van der Waals surface area contributed by atoms with Crippen molar-refractivity contribution in [3.05, 3.63) is 66.6 Å². The first-order valence-electron chi connectivity index (χ1n) is 12.4. The average Bonchev–Trinajstić information content (AvgIpc) is 3.33. The molecule has 0 atom stereocenters. The van der Waals surface area contributed by atoms with Gasteiger partial charge in [-0.1, -0.05) is 25.7 Å². The summed E-state index contributed by atoms with van der Waals surface area (Å²) >= 11 is 0. The van der Waals surface area contributed by atoms with Crippen molar-refractivity contribution in [2.24, 2.45) is 0 Å². The molecule has 0 saturated carbocycles. The van der Waals surface area contributed by atoms with Crippen LogP contribution < -0.4 is 4.74 Å². The van der Waals surface area contributed by atoms with E-state index in [0.29, 0.717) is 24.8 Å². The number of pyridine rings is 2. The molecule has 0 unspecified atom stereocenters. The van der Waals surface area contributed by atoms with E-state index < -0.39 is 8.07 Å². The van der Waals surface area contributed by atoms with Crippen LogP contribution in [-0.4, -0.2) is 34.4 Å². The molecule has 4 rings (SSSR count). The summed E-state index contributed by atoms with van der Waals surface area (Å²) in [6.07, 6.45) is 6.94. The molecule has 0 bridgehead atoms. The fourth-order valence-corrected chi connectivity index (χ4v) is 4.54. The van der Waals surface area contributed by atoms with Crippen LogP contribution in [0.2, 0.25) is 25.7 Å². The van der Waals surface area contributed by atoms with E-state index in [0.717, 1.165) is 59.8 Å². The summed E-state index contributed by atoms with van der Waals surface area (Å²) in [4.78, 5) is 9.24. The molecule has 3 aromatic heterocycles. The van der Waals surface area contributed by atoms with Gasteiger partial charge in [-0.05, 0) is 61.7 Å². The van der Waals surface area contributed by atoms with E-state index in [2.05, 4.69) is 41.9 Å². The van der Waals surface area contributed by atoms with Gasteiger partial charge in [0.05, 0.1) is 17.3 Å². The maximum absolute atomic E-state index is 8.67. The molecule has 186 valence electrons. The topological polar surface area (TPSA) is 85.9 Å². The number of rotatable bonds is 12. The number of ether oxygens (including phenoxy) is 2. The van der Waals surface area contributed by atoms with Gasteiger partial charge in [-0.25, -0.2) is 9.67 Å². The van der Waals surface area contributed by atoms with Crippen molar-refractivity contribution in [1.29, 1.82) is 5.26 Å². The Balaban J connectivity index is 1.37. The highest BCUT2D eigenvalue weighted by atomic mass is 28.3. The Hall–Kier alpha value is -3.54. The second-order valence-corrected chi connectivity index (χ2v) is 15.7. The van der Waals surface area contributed by atoms with Crippen LogP contribution in [0.5, 0.6) is 11.6 Å². The van der Waals surface area contributed by atoms with Crippen molar-refractivity contribution in [2.75, 3.05) is 6.61 Å². The van der Waals surface area contributed by atoms with E-state index in [1.54, 1.807) is 12.4 Å². The maximum Gasteiger partial charge on any atom is 0.219 e. The zero-order valence-corrected chi connectivity index (χ0v) is 22.3. The normalized spacial score (nSPS) is 11.5. The molecule has 0 aliphatic rings. The average molecular weight is 500 g/mol. The molecule has 3 heterocycles. The first-order valence-corrected chi connectivity index (χ1v) is 16.1. The second-order valence-electron chi connectivity index (χ2n) is 10.1. The minimum absolute atomic E-state index is 0.428. The number of nitrogens with zero attached hydrogens (tertiary/aromatic N) is 5. The summed E-state index contributed by atoms with van der Waals surface area (Å²) in [6.45, 7) is 8.22. The summed E-state index contributed by atoms with van der Waals surface area (Å²) in [5.41, 5.74) is 3.90. The highest BCUT2D eigenvalue weighted by molar-refractivity contribution is 6.76. The number of nitriles is 1. The predicted octanol–water partition coefficient (Wildman–Crippen LogP) is 6.83. The number of aromatic nitrogens is 4. The lowest BCUT2D eigenvalue weighted by molar-refractivity contribution is 0.0798. The molecule has 0 amide bonds. The van der Waals surface area contributed by atoms with Gasteiger partial charge in [0.1, 0.15) is 12.5 Å². The van der Waals surface area contributed by atoms with Crippen LogP contribution in [0.15, 0.2) is 60.9 Å². The Morgan fingerprint density at radius 1 is 1.03 bits per heavy atom. The lowest BCUT2D eigenvalue weighted by Gasteiger charge is -2.16. The van der Waals surface area contributed by atoms with E-state index in [1.165, 1.54) is 0 Å². The SMILES string of the molecule is C[Si](C)(C)CCOCn1nccc1-c1ccc(Oc2ccc3nc(CCCCC#N)ccc3c2)nc1. The van der Waals surface area contributed by atoms with Crippen LogP contribution in [0.25, 0.3) is 22.2 Å². The Labute approximate surface area is 213 Å².